The van der Waals surface area contributed by atoms with Gasteiger partial charge in [0.15, 0.2) is 0 Å². The van der Waals surface area contributed by atoms with Crippen molar-refractivity contribution < 1.29 is 14.3 Å². The number of ether oxygens (including phenoxy) is 1. The molecule has 130 valence electrons. The number of methoxy groups -OCH3 is 1. The molecule has 2 aromatic rings. The standard InChI is InChI=1S/C20H22N2O3/c1-20(2,13-21)19(24)22-12-17(18(23)25-3)11-14-8-9-15-6-4-5-7-16(15)10-14/h4-10,17H,11-12H2,1-3H3,(H,22,24)/t17-/m0/s1. The van der Waals surface area contributed by atoms with Gasteiger partial charge in [0, 0.05) is 6.54 Å². The van der Waals surface area contributed by atoms with Crippen LogP contribution in [-0.4, -0.2) is 25.5 Å². The summed E-state index contributed by atoms with van der Waals surface area (Å²) >= 11 is 0. The monoisotopic (exact) mass is 338 g/mol. The Kier molecular flexibility index (Phi) is 5.76. The fourth-order valence-electron chi connectivity index (χ4n) is 2.54. The Morgan fingerprint density at radius 2 is 1.88 bits per heavy atom. The number of carbonyl (C=O) groups is 2. The Labute approximate surface area is 147 Å². The highest BCUT2D eigenvalue weighted by Crippen LogP contribution is 2.19. The van der Waals surface area contributed by atoms with Crippen LogP contribution in [0.3, 0.4) is 0 Å². The average Bonchev–Trinajstić information content (AvgIpc) is 2.63. The van der Waals surface area contributed by atoms with Gasteiger partial charge in [-0.2, -0.15) is 5.26 Å². The lowest BCUT2D eigenvalue weighted by molar-refractivity contribution is -0.145. The summed E-state index contributed by atoms with van der Waals surface area (Å²) in [5, 5.41) is 13.9. The van der Waals surface area contributed by atoms with Gasteiger partial charge in [-0.3, -0.25) is 9.59 Å². The van der Waals surface area contributed by atoms with Crippen molar-refractivity contribution in [3.8, 4) is 6.07 Å². The number of fused-ring (bicyclic) bond motifs is 1. The Morgan fingerprint density at radius 1 is 1.20 bits per heavy atom. The minimum absolute atomic E-state index is 0.128. The molecule has 0 aliphatic carbocycles. The van der Waals surface area contributed by atoms with Gasteiger partial charge in [-0.1, -0.05) is 42.5 Å². The van der Waals surface area contributed by atoms with E-state index < -0.39 is 17.2 Å². The smallest absolute Gasteiger partial charge is 0.310 e. The molecule has 0 unspecified atom stereocenters. The number of nitrogens with one attached hydrogen (secondary N) is 1. The van der Waals surface area contributed by atoms with Crippen LogP contribution in [0.25, 0.3) is 10.8 Å². The van der Waals surface area contributed by atoms with E-state index in [1.54, 1.807) is 13.8 Å². The molecular formula is C20H22N2O3. The molecule has 0 spiro atoms. The lowest BCUT2D eigenvalue weighted by atomic mass is 9.93. The molecule has 0 bridgehead atoms. The van der Waals surface area contributed by atoms with Gasteiger partial charge >= 0.3 is 5.97 Å². The summed E-state index contributed by atoms with van der Waals surface area (Å²) in [5.41, 5.74) is -0.147. The van der Waals surface area contributed by atoms with E-state index in [9.17, 15) is 9.59 Å². The van der Waals surface area contributed by atoms with E-state index in [0.717, 1.165) is 16.3 Å². The zero-order valence-corrected chi connectivity index (χ0v) is 14.7. The molecule has 0 saturated heterocycles. The van der Waals surface area contributed by atoms with Gasteiger partial charge in [-0.05, 0) is 36.6 Å². The SMILES string of the molecule is COC(=O)[C@H](CNC(=O)C(C)(C)C#N)Cc1ccc2ccccc2c1. The van der Waals surface area contributed by atoms with E-state index in [1.165, 1.54) is 7.11 Å². The van der Waals surface area contributed by atoms with E-state index in [0.29, 0.717) is 6.42 Å². The summed E-state index contributed by atoms with van der Waals surface area (Å²) < 4.78 is 4.86. The first-order valence-corrected chi connectivity index (χ1v) is 8.12. The Morgan fingerprint density at radius 3 is 2.52 bits per heavy atom. The van der Waals surface area contributed by atoms with Gasteiger partial charge < -0.3 is 10.1 Å². The lowest BCUT2D eigenvalue weighted by Gasteiger charge is -2.19. The Bertz CT molecular complexity index is 821. The van der Waals surface area contributed by atoms with Crippen LogP contribution in [0.4, 0.5) is 0 Å². The predicted octanol–water partition coefficient (Wildman–Crippen LogP) is 2.84. The van der Waals surface area contributed by atoms with Crippen molar-refractivity contribution in [3.05, 3.63) is 48.0 Å². The van der Waals surface area contributed by atoms with E-state index in [1.807, 2.05) is 48.5 Å². The van der Waals surface area contributed by atoms with Crippen LogP contribution in [-0.2, 0) is 20.7 Å². The van der Waals surface area contributed by atoms with Crippen molar-refractivity contribution in [2.45, 2.75) is 20.3 Å². The lowest BCUT2D eigenvalue weighted by Crippen LogP contribution is -2.41. The summed E-state index contributed by atoms with van der Waals surface area (Å²) in [4.78, 5) is 24.1. The van der Waals surface area contributed by atoms with Gasteiger partial charge in [0.2, 0.25) is 5.91 Å². The second-order valence-electron chi connectivity index (χ2n) is 6.55. The summed E-state index contributed by atoms with van der Waals surface area (Å²) in [5.74, 6) is -1.30. The number of nitriles is 1. The summed E-state index contributed by atoms with van der Waals surface area (Å²) in [6, 6.07) is 16.0. The molecule has 5 nitrogen and oxygen atoms in total. The molecular weight excluding hydrogens is 316 g/mol. The van der Waals surface area contributed by atoms with E-state index >= 15 is 0 Å². The van der Waals surface area contributed by atoms with E-state index in [-0.39, 0.29) is 12.5 Å². The molecule has 1 amide bonds. The molecule has 2 rings (SSSR count). The number of amides is 1. The van der Waals surface area contributed by atoms with Gasteiger partial charge in [0.25, 0.3) is 0 Å². The molecule has 0 aromatic heterocycles. The first-order chi connectivity index (χ1) is 11.9. The van der Waals surface area contributed by atoms with E-state index in [2.05, 4.69) is 5.32 Å². The van der Waals surface area contributed by atoms with Crippen LogP contribution in [0.5, 0.6) is 0 Å². The van der Waals surface area contributed by atoms with Gasteiger partial charge in [0.1, 0.15) is 5.41 Å². The molecule has 2 aromatic carbocycles. The zero-order chi connectivity index (χ0) is 18.4. The fourth-order valence-corrected chi connectivity index (χ4v) is 2.54. The van der Waals surface area contributed by atoms with Crippen molar-refractivity contribution >= 4 is 22.6 Å². The molecule has 0 saturated carbocycles. The van der Waals surface area contributed by atoms with Crippen molar-refractivity contribution in [2.24, 2.45) is 11.3 Å². The molecule has 0 fully saturated rings. The first-order valence-electron chi connectivity index (χ1n) is 8.12. The van der Waals surface area contributed by atoms with Crippen LogP contribution in [0.1, 0.15) is 19.4 Å². The number of hydrogen-bond donors (Lipinski definition) is 1. The fraction of sp³-hybridized carbons (Fsp3) is 0.350. The maximum atomic E-state index is 12.1. The van der Waals surface area contributed by atoms with E-state index in [4.69, 9.17) is 10.00 Å². The molecule has 1 atom stereocenters. The van der Waals surface area contributed by atoms with Crippen molar-refractivity contribution in [1.29, 1.82) is 5.26 Å². The number of nitrogens with zero attached hydrogens (tertiary/aromatic N) is 1. The number of hydrogen-bond acceptors (Lipinski definition) is 4. The molecule has 0 aliphatic rings. The highest BCUT2D eigenvalue weighted by molar-refractivity contribution is 5.85. The second-order valence-corrected chi connectivity index (χ2v) is 6.55. The van der Waals surface area contributed by atoms with Crippen LogP contribution in [0.2, 0.25) is 0 Å². The first kappa shape index (κ1) is 18.5. The van der Waals surface area contributed by atoms with Crippen LogP contribution >= 0.6 is 0 Å². The average molecular weight is 338 g/mol. The molecule has 25 heavy (non-hydrogen) atoms. The topological polar surface area (TPSA) is 79.2 Å². The molecule has 5 heteroatoms. The number of rotatable bonds is 6. The van der Waals surface area contributed by atoms with Crippen LogP contribution in [0, 0.1) is 22.7 Å². The Hall–Kier alpha value is -2.87. The van der Waals surface area contributed by atoms with Crippen LogP contribution in [0.15, 0.2) is 42.5 Å². The normalized spacial score (nSPS) is 12.2. The van der Waals surface area contributed by atoms with Gasteiger partial charge in [-0.15, -0.1) is 0 Å². The second kappa shape index (κ2) is 7.80. The quantitative estimate of drug-likeness (QED) is 0.822. The summed E-state index contributed by atoms with van der Waals surface area (Å²) in [6.45, 7) is 3.21. The largest absolute Gasteiger partial charge is 0.469 e. The highest BCUT2D eigenvalue weighted by atomic mass is 16.5. The van der Waals surface area contributed by atoms with Crippen LogP contribution < -0.4 is 5.32 Å². The number of carbonyl (C=O) groups excluding carboxylic acids is 2. The minimum Gasteiger partial charge on any atom is -0.469 e. The van der Waals surface area contributed by atoms with Crippen molar-refractivity contribution in [2.75, 3.05) is 13.7 Å². The third-order valence-corrected chi connectivity index (χ3v) is 4.19. The zero-order valence-electron chi connectivity index (χ0n) is 14.7. The minimum atomic E-state index is -1.14. The van der Waals surface area contributed by atoms with Crippen molar-refractivity contribution in [1.82, 2.24) is 5.32 Å². The van der Waals surface area contributed by atoms with Crippen molar-refractivity contribution in [3.63, 3.8) is 0 Å². The molecule has 1 N–H and O–H groups in total. The predicted molar refractivity (Wildman–Crippen MR) is 95.6 cm³/mol. The molecule has 0 heterocycles. The summed E-state index contributed by atoms with van der Waals surface area (Å²) in [6.07, 6.45) is 0.449. The number of benzene rings is 2. The summed E-state index contributed by atoms with van der Waals surface area (Å²) in [7, 11) is 1.33. The maximum absolute atomic E-state index is 12.1. The molecule has 0 radical (unpaired) electrons. The third kappa shape index (κ3) is 4.57. The maximum Gasteiger partial charge on any atom is 0.310 e. The highest BCUT2D eigenvalue weighted by Gasteiger charge is 2.29. The van der Waals surface area contributed by atoms with Gasteiger partial charge in [-0.25, -0.2) is 0 Å². The van der Waals surface area contributed by atoms with Gasteiger partial charge in [0.05, 0.1) is 19.1 Å². The molecule has 0 aliphatic heterocycles. The Balaban J connectivity index is 2.13. The third-order valence-electron chi connectivity index (χ3n) is 4.19. The number of esters is 1.